The van der Waals surface area contributed by atoms with Crippen molar-refractivity contribution in [3.05, 3.63) is 57.5 Å². The number of rotatable bonds is 2. The van der Waals surface area contributed by atoms with Crippen LogP contribution in [0.4, 0.5) is 10.1 Å². The van der Waals surface area contributed by atoms with Gasteiger partial charge in [-0.2, -0.15) is 0 Å². The summed E-state index contributed by atoms with van der Waals surface area (Å²) < 4.78 is 13.9. The third-order valence-corrected chi connectivity index (χ3v) is 3.12. The second kappa shape index (κ2) is 5.46. The molecule has 0 aliphatic carbocycles. The number of hydrogen-bond donors (Lipinski definition) is 1. The number of hydrogen-bond acceptors (Lipinski definition) is 2. The van der Waals surface area contributed by atoms with E-state index in [2.05, 4.69) is 26.2 Å². The van der Waals surface area contributed by atoms with Crippen LogP contribution in [0.25, 0.3) is 0 Å². The number of aromatic nitrogens is 1. The predicted octanol–water partition coefficient (Wildman–Crippen LogP) is 3.89. The van der Waals surface area contributed by atoms with Gasteiger partial charge in [-0.1, -0.05) is 17.7 Å². The molecule has 1 heterocycles. The van der Waals surface area contributed by atoms with Gasteiger partial charge in [0, 0.05) is 6.20 Å². The zero-order valence-electron chi connectivity index (χ0n) is 8.95. The Labute approximate surface area is 116 Å². The van der Waals surface area contributed by atoms with E-state index in [-0.39, 0.29) is 15.2 Å². The van der Waals surface area contributed by atoms with Crippen LogP contribution in [0.1, 0.15) is 10.4 Å². The van der Waals surface area contributed by atoms with Crippen LogP contribution in [-0.2, 0) is 0 Å². The molecule has 0 unspecified atom stereocenters. The summed E-state index contributed by atoms with van der Waals surface area (Å²) in [4.78, 5) is 15.7. The number of halogens is 3. The molecule has 0 fully saturated rings. The van der Waals surface area contributed by atoms with Gasteiger partial charge in [-0.3, -0.25) is 4.79 Å². The molecule has 1 amide bonds. The standard InChI is InChI=1S/C12H7BrClFN2O/c13-8-4-1-3-7(10(8)15)12(18)17-9-5-2-6-16-11(9)14/h1-6H,(H,17,18). The molecule has 0 radical (unpaired) electrons. The SMILES string of the molecule is O=C(Nc1cccnc1Cl)c1cccc(Br)c1F. The van der Waals surface area contributed by atoms with Crippen LogP contribution in [-0.4, -0.2) is 10.9 Å². The Balaban J connectivity index is 2.28. The lowest BCUT2D eigenvalue weighted by Crippen LogP contribution is -2.14. The van der Waals surface area contributed by atoms with Crippen molar-refractivity contribution in [1.82, 2.24) is 4.98 Å². The third kappa shape index (κ3) is 2.68. The average molecular weight is 330 g/mol. The zero-order chi connectivity index (χ0) is 13.1. The van der Waals surface area contributed by atoms with Crippen LogP contribution >= 0.6 is 27.5 Å². The first kappa shape index (κ1) is 13.0. The minimum Gasteiger partial charge on any atom is -0.319 e. The van der Waals surface area contributed by atoms with E-state index in [1.165, 1.54) is 18.3 Å². The summed E-state index contributed by atoms with van der Waals surface area (Å²) in [7, 11) is 0. The van der Waals surface area contributed by atoms with Crippen LogP contribution in [0.3, 0.4) is 0 Å². The smallest absolute Gasteiger partial charge is 0.258 e. The first-order valence-corrected chi connectivity index (χ1v) is 6.12. The van der Waals surface area contributed by atoms with E-state index in [0.29, 0.717) is 5.69 Å². The third-order valence-electron chi connectivity index (χ3n) is 2.20. The number of carbonyl (C=O) groups excluding carboxylic acids is 1. The van der Waals surface area contributed by atoms with Crippen molar-refractivity contribution in [1.29, 1.82) is 0 Å². The molecule has 0 spiro atoms. The number of amides is 1. The summed E-state index contributed by atoms with van der Waals surface area (Å²) >= 11 is 8.82. The van der Waals surface area contributed by atoms with Crippen molar-refractivity contribution in [2.75, 3.05) is 5.32 Å². The van der Waals surface area contributed by atoms with E-state index in [1.54, 1.807) is 18.2 Å². The maximum atomic E-state index is 13.7. The van der Waals surface area contributed by atoms with Crippen LogP contribution in [0.2, 0.25) is 5.15 Å². The van der Waals surface area contributed by atoms with Crippen LogP contribution < -0.4 is 5.32 Å². The molecule has 2 rings (SSSR count). The average Bonchev–Trinajstić information content (AvgIpc) is 2.35. The highest BCUT2D eigenvalue weighted by Gasteiger charge is 2.15. The lowest BCUT2D eigenvalue weighted by atomic mass is 10.2. The predicted molar refractivity (Wildman–Crippen MR) is 71.3 cm³/mol. The largest absolute Gasteiger partial charge is 0.319 e. The van der Waals surface area contributed by atoms with E-state index in [4.69, 9.17) is 11.6 Å². The quantitative estimate of drug-likeness (QED) is 0.849. The number of nitrogens with zero attached hydrogens (tertiary/aromatic N) is 1. The molecule has 0 saturated heterocycles. The molecule has 0 aliphatic rings. The molecule has 1 aromatic heterocycles. The normalized spacial score (nSPS) is 10.2. The Hall–Kier alpha value is -1.46. The highest BCUT2D eigenvalue weighted by atomic mass is 79.9. The Bertz CT molecular complexity index is 606. The fraction of sp³-hybridized carbons (Fsp3) is 0. The van der Waals surface area contributed by atoms with E-state index < -0.39 is 11.7 Å². The van der Waals surface area contributed by atoms with Crippen molar-refractivity contribution in [2.24, 2.45) is 0 Å². The molecule has 0 atom stereocenters. The first-order valence-electron chi connectivity index (χ1n) is 4.95. The van der Waals surface area contributed by atoms with Gasteiger partial charge in [-0.05, 0) is 40.2 Å². The van der Waals surface area contributed by atoms with Gasteiger partial charge in [-0.25, -0.2) is 9.37 Å². The summed E-state index contributed by atoms with van der Waals surface area (Å²) in [5.74, 6) is -1.20. The van der Waals surface area contributed by atoms with Gasteiger partial charge in [0.05, 0.1) is 15.7 Å². The number of nitrogens with one attached hydrogen (secondary N) is 1. The second-order valence-electron chi connectivity index (χ2n) is 3.40. The van der Waals surface area contributed by atoms with Gasteiger partial charge in [0.1, 0.15) is 5.82 Å². The van der Waals surface area contributed by atoms with Gasteiger partial charge in [0.15, 0.2) is 5.15 Å². The topological polar surface area (TPSA) is 42.0 Å². The molecule has 92 valence electrons. The molecular formula is C12H7BrClFN2O. The number of pyridine rings is 1. The second-order valence-corrected chi connectivity index (χ2v) is 4.61. The van der Waals surface area contributed by atoms with E-state index in [9.17, 15) is 9.18 Å². The van der Waals surface area contributed by atoms with E-state index in [0.717, 1.165) is 0 Å². The Kier molecular flexibility index (Phi) is 3.93. The minimum atomic E-state index is -0.616. The maximum absolute atomic E-state index is 13.7. The Morgan fingerprint density at radius 1 is 1.33 bits per heavy atom. The Morgan fingerprint density at radius 2 is 2.11 bits per heavy atom. The number of anilines is 1. The first-order chi connectivity index (χ1) is 8.59. The van der Waals surface area contributed by atoms with Gasteiger partial charge >= 0.3 is 0 Å². The van der Waals surface area contributed by atoms with Crippen molar-refractivity contribution in [3.63, 3.8) is 0 Å². The van der Waals surface area contributed by atoms with Gasteiger partial charge < -0.3 is 5.32 Å². The molecule has 2 aromatic rings. The number of carbonyl (C=O) groups is 1. The van der Waals surface area contributed by atoms with Crippen molar-refractivity contribution in [2.45, 2.75) is 0 Å². The monoisotopic (exact) mass is 328 g/mol. The molecule has 0 aliphatic heterocycles. The fourth-order valence-corrected chi connectivity index (χ4v) is 1.88. The lowest BCUT2D eigenvalue weighted by Gasteiger charge is -2.07. The lowest BCUT2D eigenvalue weighted by molar-refractivity contribution is 0.102. The van der Waals surface area contributed by atoms with Gasteiger partial charge in [0.2, 0.25) is 0 Å². The fourth-order valence-electron chi connectivity index (χ4n) is 1.35. The molecule has 3 nitrogen and oxygen atoms in total. The maximum Gasteiger partial charge on any atom is 0.258 e. The summed E-state index contributed by atoms with van der Waals surface area (Å²) in [6, 6.07) is 7.69. The highest BCUT2D eigenvalue weighted by Crippen LogP contribution is 2.22. The molecule has 6 heteroatoms. The molecule has 0 saturated carbocycles. The van der Waals surface area contributed by atoms with Crippen molar-refractivity contribution in [3.8, 4) is 0 Å². The van der Waals surface area contributed by atoms with Crippen LogP contribution in [0.5, 0.6) is 0 Å². The van der Waals surface area contributed by atoms with E-state index in [1.807, 2.05) is 0 Å². The highest BCUT2D eigenvalue weighted by molar-refractivity contribution is 9.10. The Morgan fingerprint density at radius 3 is 2.83 bits per heavy atom. The van der Waals surface area contributed by atoms with Crippen molar-refractivity contribution >= 4 is 39.1 Å². The van der Waals surface area contributed by atoms with Gasteiger partial charge in [-0.15, -0.1) is 0 Å². The van der Waals surface area contributed by atoms with Crippen molar-refractivity contribution < 1.29 is 9.18 Å². The summed E-state index contributed by atoms with van der Waals surface area (Å²) in [5.41, 5.74) is 0.271. The molecule has 1 aromatic carbocycles. The summed E-state index contributed by atoms with van der Waals surface area (Å²) in [5, 5.41) is 2.65. The molecule has 0 bridgehead atoms. The minimum absolute atomic E-state index is 0.0655. The van der Waals surface area contributed by atoms with E-state index >= 15 is 0 Å². The summed E-state index contributed by atoms with van der Waals surface area (Å²) in [6.45, 7) is 0. The van der Waals surface area contributed by atoms with Crippen LogP contribution in [0.15, 0.2) is 41.0 Å². The molecule has 18 heavy (non-hydrogen) atoms. The zero-order valence-corrected chi connectivity index (χ0v) is 11.3. The molecule has 1 N–H and O–H groups in total. The van der Waals surface area contributed by atoms with Crippen LogP contribution in [0, 0.1) is 5.82 Å². The summed E-state index contributed by atoms with van der Waals surface area (Å²) in [6.07, 6.45) is 1.50. The van der Waals surface area contributed by atoms with Gasteiger partial charge in [0.25, 0.3) is 5.91 Å². The number of benzene rings is 1. The molecular weight excluding hydrogens is 322 g/mol.